The zero-order chi connectivity index (χ0) is 13.7. The normalized spacial score (nSPS) is 20.1. The lowest BCUT2D eigenvalue weighted by atomic mass is 10.1. The number of carbonyl (C=O) groups excluding carboxylic acids is 1. The molecule has 4 nitrogen and oxygen atoms in total. The van der Waals surface area contributed by atoms with Crippen molar-refractivity contribution in [3.63, 3.8) is 0 Å². The molecule has 1 atom stereocenters. The van der Waals surface area contributed by atoms with E-state index in [1.165, 1.54) is 12.8 Å². The third kappa shape index (κ3) is 3.32. The first-order valence-electron chi connectivity index (χ1n) is 7.13. The summed E-state index contributed by atoms with van der Waals surface area (Å²) in [5, 5.41) is 9.51. The van der Waals surface area contributed by atoms with E-state index in [2.05, 4.69) is 9.88 Å². The molecule has 104 valence electrons. The van der Waals surface area contributed by atoms with Crippen LogP contribution in [0.15, 0.2) is 18.3 Å². The monoisotopic (exact) mass is 262 g/mol. The van der Waals surface area contributed by atoms with Crippen molar-refractivity contribution in [3.8, 4) is 0 Å². The van der Waals surface area contributed by atoms with Gasteiger partial charge >= 0.3 is 0 Å². The highest BCUT2D eigenvalue weighted by molar-refractivity contribution is 5.94. The van der Waals surface area contributed by atoms with E-state index in [4.69, 9.17) is 0 Å². The van der Waals surface area contributed by atoms with Crippen LogP contribution in [0, 0.1) is 0 Å². The Morgan fingerprint density at radius 2 is 2.26 bits per heavy atom. The minimum absolute atomic E-state index is 0.0705. The van der Waals surface area contributed by atoms with Crippen LogP contribution >= 0.6 is 0 Å². The van der Waals surface area contributed by atoms with Crippen molar-refractivity contribution in [1.29, 1.82) is 0 Å². The molecule has 1 unspecified atom stereocenters. The molecule has 0 amide bonds. The van der Waals surface area contributed by atoms with E-state index in [0.717, 1.165) is 25.1 Å². The lowest BCUT2D eigenvalue weighted by Crippen LogP contribution is -2.37. The molecule has 0 bridgehead atoms. The molecule has 1 aliphatic heterocycles. The molecule has 2 heterocycles. The maximum atomic E-state index is 11.6. The fraction of sp³-hybridized carbons (Fsp3) is 0.600. The summed E-state index contributed by atoms with van der Waals surface area (Å²) in [6.45, 7) is 2.97. The van der Waals surface area contributed by atoms with Crippen LogP contribution in [0.5, 0.6) is 0 Å². The van der Waals surface area contributed by atoms with Gasteiger partial charge in [0, 0.05) is 13.0 Å². The van der Waals surface area contributed by atoms with Gasteiger partial charge in [-0.15, -0.1) is 0 Å². The Bertz CT molecular complexity index is 417. The number of Topliss-reactive ketones (excluding diaryl/α,β-unsaturated/α-hetero) is 1. The first kappa shape index (κ1) is 14.0. The summed E-state index contributed by atoms with van der Waals surface area (Å²) in [7, 11) is 0. The second-order valence-electron chi connectivity index (χ2n) is 5.06. The van der Waals surface area contributed by atoms with Gasteiger partial charge in [0.2, 0.25) is 0 Å². The van der Waals surface area contributed by atoms with Gasteiger partial charge in [0.15, 0.2) is 5.78 Å². The van der Waals surface area contributed by atoms with Crippen LogP contribution in [-0.2, 0) is 0 Å². The van der Waals surface area contributed by atoms with Crippen LogP contribution in [0.1, 0.15) is 49.5 Å². The number of carbonyl (C=O) groups is 1. The predicted molar refractivity (Wildman–Crippen MR) is 75.5 cm³/mol. The summed E-state index contributed by atoms with van der Waals surface area (Å²) in [5.41, 5.74) is 1.54. The third-order valence-corrected chi connectivity index (χ3v) is 3.77. The van der Waals surface area contributed by atoms with Crippen molar-refractivity contribution in [3.05, 3.63) is 24.0 Å². The van der Waals surface area contributed by atoms with Crippen LogP contribution < -0.4 is 4.90 Å². The van der Waals surface area contributed by atoms with Crippen LogP contribution in [-0.4, -0.2) is 35.1 Å². The number of pyridine rings is 1. The molecule has 2 rings (SSSR count). The van der Waals surface area contributed by atoms with Gasteiger partial charge in [-0.3, -0.25) is 9.78 Å². The largest absolute Gasteiger partial charge is 0.394 e. The molecular weight excluding hydrogens is 240 g/mol. The maximum Gasteiger partial charge on any atom is 0.180 e. The van der Waals surface area contributed by atoms with E-state index in [1.54, 1.807) is 12.3 Å². The minimum Gasteiger partial charge on any atom is -0.394 e. The number of ketones is 1. The Kier molecular flexibility index (Phi) is 4.91. The van der Waals surface area contributed by atoms with Gasteiger partial charge in [-0.05, 0) is 25.0 Å². The van der Waals surface area contributed by atoms with Gasteiger partial charge in [-0.1, -0.05) is 19.8 Å². The molecule has 0 aromatic carbocycles. The average Bonchev–Trinajstić information content (AvgIpc) is 2.71. The fourth-order valence-electron chi connectivity index (χ4n) is 2.61. The van der Waals surface area contributed by atoms with Crippen molar-refractivity contribution < 1.29 is 9.90 Å². The highest BCUT2D eigenvalue weighted by Gasteiger charge is 2.21. The Morgan fingerprint density at radius 3 is 2.89 bits per heavy atom. The predicted octanol–water partition coefficient (Wildman–Crippen LogP) is 2.42. The lowest BCUT2D eigenvalue weighted by molar-refractivity contribution is 0.0983. The van der Waals surface area contributed by atoms with Crippen LogP contribution in [0.3, 0.4) is 0 Å². The number of hydrogen-bond acceptors (Lipinski definition) is 4. The summed E-state index contributed by atoms with van der Waals surface area (Å²) in [6.07, 6.45) is 6.79. The molecule has 1 aliphatic rings. The number of nitrogens with zero attached hydrogens (tertiary/aromatic N) is 2. The van der Waals surface area contributed by atoms with Gasteiger partial charge in [-0.2, -0.15) is 0 Å². The number of aliphatic hydroxyl groups is 1. The maximum absolute atomic E-state index is 11.6. The van der Waals surface area contributed by atoms with Gasteiger partial charge in [-0.25, -0.2) is 0 Å². The second kappa shape index (κ2) is 6.66. The van der Waals surface area contributed by atoms with E-state index in [-0.39, 0.29) is 18.4 Å². The van der Waals surface area contributed by atoms with Crippen molar-refractivity contribution in [2.24, 2.45) is 0 Å². The van der Waals surface area contributed by atoms with E-state index in [9.17, 15) is 9.90 Å². The molecule has 4 heteroatoms. The number of hydrogen-bond donors (Lipinski definition) is 1. The minimum atomic E-state index is 0.0705. The Labute approximate surface area is 114 Å². The topological polar surface area (TPSA) is 53.4 Å². The van der Waals surface area contributed by atoms with Crippen molar-refractivity contribution in [2.75, 3.05) is 18.1 Å². The number of aromatic nitrogens is 1. The summed E-state index contributed by atoms with van der Waals surface area (Å²) in [6, 6.07) is 3.92. The van der Waals surface area contributed by atoms with Crippen LogP contribution in [0.25, 0.3) is 0 Å². The second-order valence-corrected chi connectivity index (χ2v) is 5.06. The van der Waals surface area contributed by atoms with E-state index in [1.807, 2.05) is 13.0 Å². The highest BCUT2D eigenvalue weighted by Crippen LogP contribution is 2.23. The molecule has 1 saturated heterocycles. The van der Waals surface area contributed by atoms with Crippen LogP contribution in [0.4, 0.5) is 5.69 Å². The third-order valence-electron chi connectivity index (χ3n) is 3.77. The molecular formula is C15H22N2O2. The van der Waals surface area contributed by atoms with E-state index < -0.39 is 0 Å². The summed E-state index contributed by atoms with van der Waals surface area (Å²) in [4.78, 5) is 18.0. The van der Waals surface area contributed by atoms with E-state index >= 15 is 0 Å². The molecule has 1 aromatic heterocycles. The number of aliphatic hydroxyl groups excluding tert-OH is 1. The van der Waals surface area contributed by atoms with Crippen molar-refractivity contribution in [1.82, 2.24) is 4.98 Å². The first-order valence-corrected chi connectivity index (χ1v) is 7.13. The standard InChI is InChI=1S/C15H22N2O2/c1-2-15(19)14-8-7-12(10-16-14)17-9-5-3-4-6-13(17)11-18/h7-8,10,13,18H,2-6,9,11H2,1H3. The fourth-order valence-corrected chi connectivity index (χ4v) is 2.61. The van der Waals surface area contributed by atoms with Crippen molar-refractivity contribution in [2.45, 2.75) is 45.1 Å². The smallest absolute Gasteiger partial charge is 0.180 e. The quantitative estimate of drug-likeness (QED) is 0.847. The molecule has 1 fully saturated rings. The molecule has 0 radical (unpaired) electrons. The highest BCUT2D eigenvalue weighted by atomic mass is 16.3. The number of rotatable bonds is 4. The molecule has 1 N–H and O–H groups in total. The molecule has 19 heavy (non-hydrogen) atoms. The lowest BCUT2D eigenvalue weighted by Gasteiger charge is -2.30. The van der Waals surface area contributed by atoms with Crippen LogP contribution in [0.2, 0.25) is 0 Å². The first-order chi connectivity index (χ1) is 9.26. The Morgan fingerprint density at radius 1 is 1.42 bits per heavy atom. The van der Waals surface area contributed by atoms with Gasteiger partial charge in [0.1, 0.15) is 5.69 Å². The summed E-state index contributed by atoms with van der Waals surface area (Å²) >= 11 is 0. The zero-order valence-electron chi connectivity index (χ0n) is 11.5. The summed E-state index contributed by atoms with van der Waals surface area (Å²) < 4.78 is 0. The van der Waals surface area contributed by atoms with Crippen molar-refractivity contribution >= 4 is 11.5 Å². The zero-order valence-corrected chi connectivity index (χ0v) is 11.5. The van der Waals surface area contributed by atoms with Gasteiger partial charge in [0.25, 0.3) is 0 Å². The van der Waals surface area contributed by atoms with Gasteiger partial charge < -0.3 is 10.0 Å². The molecule has 0 aliphatic carbocycles. The SMILES string of the molecule is CCC(=O)c1ccc(N2CCCCCC2CO)cn1. The van der Waals surface area contributed by atoms with E-state index in [0.29, 0.717) is 12.1 Å². The Balaban J connectivity index is 2.17. The van der Waals surface area contributed by atoms with Gasteiger partial charge in [0.05, 0.1) is 24.5 Å². The molecule has 0 spiro atoms. The Hall–Kier alpha value is -1.42. The summed E-state index contributed by atoms with van der Waals surface area (Å²) in [5.74, 6) is 0.0705. The molecule has 0 saturated carbocycles. The average molecular weight is 262 g/mol. The molecule has 1 aromatic rings. The number of anilines is 1.